The minimum atomic E-state index is -4.62. The van der Waals surface area contributed by atoms with Gasteiger partial charge < -0.3 is 5.32 Å². The Bertz CT molecular complexity index is 1020. The van der Waals surface area contributed by atoms with E-state index in [1.807, 2.05) is 0 Å². The number of para-hydroxylation sites is 1. The highest BCUT2D eigenvalue weighted by Gasteiger charge is 2.48. The number of carbonyl (C=O) groups excluding carboxylic acids is 1. The number of carbonyl (C=O) groups is 1. The van der Waals surface area contributed by atoms with Gasteiger partial charge in [0, 0.05) is 16.3 Å². The molecule has 1 aliphatic heterocycles. The van der Waals surface area contributed by atoms with Crippen LogP contribution >= 0.6 is 11.6 Å². The Labute approximate surface area is 156 Å². The van der Waals surface area contributed by atoms with Crippen molar-refractivity contribution in [3.8, 4) is 0 Å². The van der Waals surface area contributed by atoms with Gasteiger partial charge in [-0.3, -0.25) is 9.69 Å². The van der Waals surface area contributed by atoms with Crippen molar-refractivity contribution in [2.24, 2.45) is 0 Å². The van der Waals surface area contributed by atoms with E-state index in [4.69, 9.17) is 11.6 Å². The summed E-state index contributed by atoms with van der Waals surface area (Å²) in [6, 6.07) is 8.95. The lowest BCUT2D eigenvalue weighted by Gasteiger charge is -2.31. The largest absolute Gasteiger partial charge is 0.408 e. The van der Waals surface area contributed by atoms with Gasteiger partial charge in [-0.15, -0.1) is 5.10 Å². The lowest BCUT2D eigenvalue weighted by atomic mass is 10.0. The summed E-state index contributed by atoms with van der Waals surface area (Å²) in [5, 5.41) is 10.6. The number of rotatable bonds is 2. The van der Waals surface area contributed by atoms with Gasteiger partial charge in [-0.05, 0) is 30.3 Å². The predicted molar refractivity (Wildman–Crippen MR) is 93.1 cm³/mol. The quantitative estimate of drug-likeness (QED) is 0.720. The zero-order valence-electron chi connectivity index (χ0n) is 13.7. The summed E-state index contributed by atoms with van der Waals surface area (Å²) < 4.78 is 43.3. The first-order valence-corrected chi connectivity index (χ1v) is 8.39. The second-order valence-corrected chi connectivity index (χ2v) is 6.63. The van der Waals surface area contributed by atoms with Crippen LogP contribution in [0.3, 0.4) is 0 Å². The van der Waals surface area contributed by atoms with Crippen molar-refractivity contribution in [2.45, 2.75) is 18.9 Å². The van der Waals surface area contributed by atoms with E-state index in [0.717, 1.165) is 4.90 Å². The third-order valence-corrected chi connectivity index (χ3v) is 4.58. The third kappa shape index (κ3) is 3.35. The second kappa shape index (κ2) is 6.50. The van der Waals surface area contributed by atoms with Crippen molar-refractivity contribution < 1.29 is 18.0 Å². The van der Waals surface area contributed by atoms with Crippen LogP contribution in [0.2, 0.25) is 5.02 Å². The number of hydrogen-bond donors (Lipinski definition) is 1. The van der Waals surface area contributed by atoms with E-state index in [9.17, 15) is 18.0 Å². The minimum absolute atomic E-state index is 0.0951. The molecule has 6 nitrogen and oxygen atoms in total. The lowest BCUT2D eigenvalue weighted by molar-refractivity contribution is -0.190. The Hall–Kier alpha value is -2.65. The molecule has 27 heavy (non-hydrogen) atoms. The Morgan fingerprint density at radius 3 is 2.78 bits per heavy atom. The summed E-state index contributed by atoms with van der Waals surface area (Å²) in [6.45, 7) is -0.714. The van der Waals surface area contributed by atoms with Crippen LogP contribution in [-0.4, -0.2) is 38.5 Å². The SMILES string of the molecule is O=C1CN(Cn2nnc3ccccc32)C(C(F)(F)F)c2cc(Cl)ccc2N1. The van der Waals surface area contributed by atoms with Gasteiger partial charge in [0.05, 0.1) is 18.7 Å². The Morgan fingerprint density at radius 2 is 2.00 bits per heavy atom. The topological polar surface area (TPSA) is 63.1 Å². The molecular weight excluding hydrogens is 383 g/mol. The fourth-order valence-corrected chi connectivity index (χ4v) is 3.43. The molecule has 0 saturated carbocycles. The van der Waals surface area contributed by atoms with E-state index in [2.05, 4.69) is 15.6 Å². The molecule has 2 aromatic carbocycles. The van der Waals surface area contributed by atoms with Crippen molar-refractivity contribution in [3.63, 3.8) is 0 Å². The molecule has 0 saturated heterocycles. The van der Waals surface area contributed by atoms with E-state index in [-0.39, 0.29) is 22.9 Å². The molecule has 1 unspecified atom stereocenters. The molecule has 0 aliphatic carbocycles. The highest BCUT2D eigenvalue weighted by atomic mass is 35.5. The Kier molecular flexibility index (Phi) is 4.27. The fourth-order valence-electron chi connectivity index (χ4n) is 3.24. The summed E-state index contributed by atoms with van der Waals surface area (Å²) in [5.41, 5.74) is 1.13. The molecule has 0 bridgehead atoms. The number of amides is 1. The number of nitrogens with one attached hydrogen (secondary N) is 1. The monoisotopic (exact) mass is 395 g/mol. The highest BCUT2D eigenvalue weighted by Crippen LogP contribution is 2.43. The number of hydrogen-bond acceptors (Lipinski definition) is 4. The van der Waals surface area contributed by atoms with Crippen LogP contribution in [0.1, 0.15) is 11.6 Å². The van der Waals surface area contributed by atoms with Gasteiger partial charge in [0.1, 0.15) is 11.6 Å². The molecule has 0 spiro atoms. The van der Waals surface area contributed by atoms with Crippen LogP contribution in [0, 0.1) is 0 Å². The number of fused-ring (bicyclic) bond motifs is 2. The average molecular weight is 396 g/mol. The number of aromatic nitrogens is 3. The number of alkyl halides is 3. The van der Waals surface area contributed by atoms with Crippen molar-refractivity contribution in [2.75, 3.05) is 11.9 Å². The van der Waals surface area contributed by atoms with Crippen LogP contribution < -0.4 is 5.32 Å². The molecular formula is C17H13ClF3N5O. The third-order valence-electron chi connectivity index (χ3n) is 4.34. The molecule has 1 aliphatic rings. The molecule has 1 N–H and O–H groups in total. The molecule has 1 atom stereocenters. The predicted octanol–water partition coefficient (Wildman–Crippen LogP) is 3.60. The number of halogens is 4. The van der Waals surface area contributed by atoms with Gasteiger partial charge in [-0.2, -0.15) is 13.2 Å². The van der Waals surface area contributed by atoms with E-state index in [1.54, 1.807) is 24.3 Å². The molecule has 140 valence electrons. The maximum Gasteiger partial charge on any atom is 0.408 e. The minimum Gasteiger partial charge on any atom is -0.325 e. The summed E-state index contributed by atoms with van der Waals surface area (Å²) in [6.07, 6.45) is -4.62. The Morgan fingerprint density at radius 1 is 1.22 bits per heavy atom. The van der Waals surface area contributed by atoms with Crippen molar-refractivity contribution in [1.29, 1.82) is 0 Å². The van der Waals surface area contributed by atoms with Gasteiger partial charge in [-0.1, -0.05) is 28.9 Å². The molecule has 1 amide bonds. The van der Waals surface area contributed by atoms with Gasteiger partial charge in [-0.25, -0.2) is 4.68 Å². The van der Waals surface area contributed by atoms with Crippen LogP contribution in [0.15, 0.2) is 42.5 Å². The number of anilines is 1. The molecule has 1 aromatic heterocycles. The van der Waals surface area contributed by atoms with E-state index in [1.165, 1.54) is 22.9 Å². The maximum atomic E-state index is 14.0. The van der Waals surface area contributed by atoms with E-state index < -0.39 is 24.7 Å². The summed E-state index contributed by atoms with van der Waals surface area (Å²) >= 11 is 5.92. The normalized spacial score (nSPS) is 18.2. The molecule has 0 radical (unpaired) electrons. The van der Waals surface area contributed by atoms with E-state index >= 15 is 0 Å². The number of nitrogens with zero attached hydrogens (tertiary/aromatic N) is 4. The zero-order chi connectivity index (χ0) is 19.2. The van der Waals surface area contributed by atoms with Crippen LogP contribution in [0.5, 0.6) is 0 Å². The lowest BCUT2D eigenvalue weighted by Crippen LogP contribution is -2.41. The first kappa shape index (κ1) is 17.7. The first-order valence-electron chi connectivity index (χ1n) is 8.01. The van der Waals surface area contributed by atoms with Crippen LogP contribution in [0.4, 0.5) is 18.9 Å². The Balaban J connectivity index is 1.81. The van der Waals surface area contributed by atoms with Crippen LogP contribution in [0.25, 0.3) is 11.0 Å². The van der Waals surface area contributed by atoms with Crippen molar-refractivity contribution in [1.82, 2.24) is 19.9 Å². The van der Waals surface area contributed by atoms with Gasteiger partial charge >= 0.3 is 6.18 Å². The van der Waals surface area contributed by atoms with Crippen molar-refractivity contribution >= 4 is 34.2 Å². The molecule has 0 fully saturated rings. The first-order chi connectivity index (χ1) is 12.8. The van der Waals surface area contributed by atoms with Crippen LogP contribution in [-0.2, 0) is 11.5 Å². The fraction of sp³-hybridized carbons (Fsp3) is 0.235. The summed E-state index contributed by atoms with van der Waals surface area (Å²) in [7, 11) is 0. The average Bonchev–Trinajstić information content (AvgIpc) is 2.92. The van der Waals surface area contributed by atoms with Crippen molar-refractivity contribution in [3.05, 3.63) is 53.1 Å². The highest BCUT2D eigenvalue weighted by molar-refractivity contribution is 6.30. The summed E-state index contributed by atoms with van der Waals surface area (Å²) in [4.78, 5) is 13.2. The molecule has 10 heteroatoms. The standard InChI is InChI=1S/C17H13ClF3N5O/c18-10-5-6-12-11(7-10)16(17(19,20)21)25(8-15(27)22-12)9-26-14-4-2-1-3-13(14)23-24-26/h1-7,16H,8-9H2,(H,22,27). The summed E-state index contributed by atoms with van der Waals surface area (Å²) in [5.74, 6) is -0.547. The molecule has 3 aromatic rings. The van der Waals surface area contributed by atoms with Gasteiger partial charge in [0.2, 0.25) is 5.91 Å². The maximum absolute atomic E-state index is 14.0. The molecule has 4 rings (SSSR count). The second-order valence-electron chi connectivity index (χ2n) is 6.19. The molecule has 2 heterocycles. The van der Waals surface area contributed by atoms with Gasteiger partial charge in [0.15, 0.2) is 0 Å². The zero-order valence-corrected chi connectivity index (χ0v) is 14.5. The smallest absolute Gasteiger partial charge is 0.325 e. The van der Waals surface area contributed by atoms with E-state index in [0.29, 0.717) is 11.0 Å². The van der Waals surface area contributed by atoms with Gasteiger partial charge in [0.25, 0.3) is 0 Å². The number of benzene rings is 2.